The fraction of sp³-hybridized carbons (Fsp3) is 0. The van der Waals surface area contributed by atoms with Crippen LogP contribution in [0.15, 0.2) is 38.1 Å². The van der Waals surface area contributed by atoms with Gasteiger partial charge in [-0.1, -0.05) is 28.3 Å². The Morgan fingerprint density at radius 2 is 2.37 bits per heavy atom. The number of nitro groups is 1. The molecule has 2 aromatic rings. The van der Waals surface area contributed by atoms with Gasteiger partial charge in [0.1, 0.15) is 5.51 Å². The van der Waals surface area contributed by atoms with E-state index in [1.807, 2.05) is 0 Å². The van der Waals surface area contributed by atoms with Crippen LogP contribution in [-0.2, 0) is 0 Å². The number of benzene rings is 1. The van der Waals surface area contributed by atoms with E-state index in [9.17, 15) is 10.1 Å². The first-order valence-corrected chi connectivity index (χ1v) is 6.52. The van der Waals surface area contributed by atoms with E-state index in [1.165, 1.54) is 29.5 Å². The Hall–Kier alpha value is -2.20. The van der Waals surface area contributed by atoms with Gasteiger partial charge in [-0.05, 0) is 12.1 Å². The number of oxime groups is 1. The Bertz CT molecular complexity index is 629. The third-order valence-electron chi connectivity index (χ3n) is 2.10. The first-order chi connectivity index (χ1) is 9.11. The SMILES string of the molecule is NC(=NO)c1ccc(Sc2nncs2)c([N+](=O)[O-])c1. The summed E-state index contributed by atoms with van der Waals surface area (Å²) >= 11 is 2.42. The number of rotatable bonds is 4. The van der Waals surface area contributed by atoms with E-state index in [2.05, 4.69) is 15.4 Å². The molecule has 0 saturated heterocycles. The molecule has 0 saturated carbocycles. The van der Waals surface area contributed by atoms with Crippen molar-refractivity contribution in [3.05, 3.63) is 39.4 Å². The molecule has 0 radical (unpaired) electrons. The molecule has 2 rings (SSSR count). The molecule has 1 aromatic carbocycles. The number of nitrogens with two attached hydrogens (primary N) is 1. The molecule has 0 atom stereocenters. The molecule has 19 heavy (non-hydrogen) atoms. The maximum absolute atomic E-state index is 11.0. The molecule has 0 bridgehead atoms. The van der Waals surface area contributed by atoms with E-state index in [0.717, 1.165) is 11.8 Å². The lowest BCUT2D eigenvalue weighted by molar-refractivity contribution is -0.387. The van der Waals surface area contributed by atoms with E-state index in [0.29, 0.717) is 9.24 Å². The maximum atomic E-state index is 11.0. The van der Waals surface area contributed by atoms with Gasteiger partial charge in [-0.3, -0.25) is 10.1 Å². The van der Waals surface area contributed by atoms with Crippen LogP contribution in [0.1, 0.15) is 5.56 Å². The summed E-state index contributed by atoms with van der Waals surface area (Å²) < 4.78 is 0.597. The summed E-state index contributed by atoms with van der Waals surface area (Å²) in [5.74, 6) is -0.185. The van der Waals surface area contributed by atoms with Crippen molar-refractivity contribution in [2.75, 3.05) is 0 Å². The minimum atomic E-state index is -0.530. The zero-order valence-electron chi connectivity index (χ0n) is 9.26. The summed E-state index contributed by atoms with van der Waals surface area (Å²) in [6, 6.07) is 4.31. The van der Waals surface area contributed by atoms with Crippen LogP contribution >= 0.6 is 23.1 Å². The highest BCUT2D eigenvalue weighted by Gasteiger charge is 2.18. The van der Waals surface area contributed by atoms with Crippen molar-refractivity contribution < 1.29 is 10.1 Å². The number of amidine groups is 1. The number of hydrogen-bond donors (Lipinski definition) is 2. The number of aromatic nitrogens is 2. The van der Waals surface area contributed by atoms with Crippen LogP contribution < -0.4 is 5.73 Å². The average molecular weight is 297 g/mol. The lowest BCUT2D eigenvalue weighted by Crippen LogP contribution is -2.13. The van der Waals surface area contributed by atoms with Gasteiger partial charge in [0.2, 0.25) is 0 Å². The predicted octanol–water partition coefficient (Wildman–Crippen LogP) is 1.69. The Morgan fingerprint density at radius 1 is 1.58 bits per heavy atom. The van der Waals surface area contributed by atoms with E-state index >= 15 is 0 Å². The standard InChI is InChI=1S/C9H7N5O3S2/c10-8(13-15)5-1-2-7(6(3-5)14(16)17)19-9-12-11-4-18-9/h1-4,15H,(H2,10,13). The van der Waals surface area contributed by atoms with Crippen LogP contribution in [0, 0.1) is 10.1 Å². The maximum Gasteiger partial charge on any atom is 0.284 e. The van der Waals surface area contributed by atoms with Gasteiger partial charge in [-0.2, -0.15) is 0 Å². The summed E-state index contributed by atoms with van der Waals surface area (Å²) in [5.41, 5.74) is 7.08. The zero-order chi connectivity index (χ0) is 13.8. The molecule has 0 aliphatic heterocycles. The number of nitro benzene ring substituents is 1. The van der Waals surface area contributed by atoms with Gasteiger partial charge in [0, 0.05) is 11.6 Å². The third-order valence-corrected chi connectivity index (χ3v) is 3.94. The molecule has 1 heterocycles. The van der Waals surface area contributed by atoms with Crippen LogP contribution in [0.2, 0.25) is 0 Å². The molecule has 3 N–H and O–H groups in total. The van der Waals surface area contributed by atoms with Gasteiger partial charge < -0.3 is 10.9 Å². The van der Waals surface area contributed by atoms with Crippen molar-refractivity contribution in [1.82, 2.24) is 10.2 Å². The highest BCUT2D eigenvalue weighted by Crippen LogP contribution is 2.35. The van der Waals surface area contributed by atoms with Crippen LogP contribution in [0.3, 0.4) is 0 Å². The minimum absolute atomic E-state index is 0.135. The highest BCUT2D eigenvalue weighted by molar-refractivity contribution is 8.01. The average Bonchev–Trinajstić information content (AvgIpc) is 2.91. The molecule has 8 nitrogen and oxygen atoms in total. The van der Waals surface area contributed by atoms with Gasteiger partial charge in [0.15, 0.2) is 10.2 Å². The lowest BCUT2D eigenvalue weighted by atomic mass is 10.2. The second-order valence-electron chi connectivity index (χ2n) is 3.23. The van der Waals surface area contributed by atoms with Crippen molar-refractivity contribution in [2.45, 2.75) is 9.24 Å². The van der Waals surface area contributed by atoms with Gasteiger partial charge in [0.25, 0.3) is 5.69 Å². The Kier molecular flexibility index (Phi) is 3.92. The number of nitrogens with zero attached hydrogens (tertiary/aromatic N) is 4. The Balaban J connectivity index is 2.41. The molecule has 0 aliphatic carbocycles. The molecular weight excluding hydrogens is 290 g/mol. The van der Waals surface area contributed by atoms with Crippen molar-refractivity contribution in [2.24, 2.45) is 10.9 Å². The topological polar surface area (TPSA) is 128 Å². The first kappa shape index (κ1) is 13.2. The van der Waals surface area contributed by atoms with E-state index in [4.69, 9.17) is 10.9 Å². The zero-order valence-corrected chi connectivity index (χ0v) is 10.9. The molecule has 0 unspecified atom stereocenters. The summed E-state index contributed by atoms with van der Waals surface area (Å²) in [7, 11) is 0. The summed E-state index contributed by atoms with van der Waals surface area (Å²) in [6.45, 7) is 0. The fourth-order valence-electron chi connectivity index (χ4n) is 1.26. The van der Waals surface area contributed by atoms with E-state index < -0.39 is 4.92 Å². The van der Waals surface area contributed by atoms with Gasteiger partial charge in [-0.15, -0.1) is 10.2 Å². The Labute approximate surface area is 115 Å². The van der Waals surface area contributed by atoms with Crippen molar-refractivity contribution in [1.29, 1.82) is 0 Å². The summed E-state index contributed by atoms with van der Waals surface area (Å²) in [4.78, 5) is 10.9. The molecule has 98 valence electrons. The Morgan fingerprint density at radius 3 is 2.95 bits per heavy atom. The lowest BCUT2D eigenvalue weighted by Gasteiger charge is -2.03. The molecule has 0 spiro atoms. The van der Waals surface area contributed by atoms with Crippen LogP contribution in [-0.4, -0.2) is 26.2 Å². The molecule has 0 amide bonds. The second-order valence-corrected chi connectivity index (χ2v) is 5.35. The summed E-state index contributed by atoms with van der Waals surface area (Å²) in [6.07, 6.45) is 0. The molecular formula is C9H7N5O3S2. The normalized spacial score (nSPS) is 11.5. The third kappa shape index (κ3) is 2.98. The molecule has 10 heteroatoms. The molecule has 0 fully saturated rings. The predicted molar refractivity (Wildman–Crippen MR) is 69.6 cm³/mol. The van der Waals surface area contributed by atoms with Gasteiger partial charge in [0.05, 0.1) is 9.82 Å². The monoisotopic (exact) mass is 297 g/mol. The minimum Gasteiger partial charge on any atom is -0.409 e. The van der Waals surface area contributed by atoms with E-state index in [-0.39, 0.29) is 17.1 Å². The second kappa shape index (κ2) is 5.63. The molecule has 1 aromatic heterocycles. The largest absolute Gasteiger partial charge is 0.409 e. The van der Waals surface area contributed by atoms with Crippen molar-refractivity contribution >= 4 is 34.6 Å². The fourth-order valence-corrected chi connectivity index (χ4v) is 2.78. The van der Waals surface area contributed by atoms with Crippen LogP contribution in [0.25, 0.3) is 0 Å². The smallest absolute Gasteiger partial charge is 0.284 e. The quantitative estimate of drug-likeness (QED) is 0.289. The van der Waals surface area contributed by atoms with Gasteiger partial charge >= 0.3 is 0 Å². The van der Waals surface area contributed by atoms with E-state index in [1.54, 1.807) is 5.51 Å². The summed E-state index contributed by atoms with van der Waals surface area (Å²) in [5, 5.41) is 29.9. The highest BCUT2D eigenvalue weighted by atomic mass is 32.2. The van der Waals surface area contributed by atoms with Crippen molar-refractivity contribution in [3.8, 4) is 0 Å². The first-order valence-electron chi connectivity index (χ1n) is 4.82. The van der Waals surface area contributed by atoms with Gasteiger partial charge in [-0.25, -0.2) is 0 Å². The van der Waals surface area contributed by atoms with Crippen molar-refractivity contribution in [3.63, 3.8) is 0 Å². The number of hydrogen-bond acceptors (Lipinski definition) is 8. The van der Waals surface area contributed by atoms with Crippen LogP contribution in [0.4, 0.5) is 5.69 Å². The van der Waals surface area contributed by atoms with Crippen LogP contribution in [0.5, 0.6) is 0 Å². The molecule has 0 aliphatic rings.